The number of ether oxygens (including phenoxy) is 1. The number of para-hydroxylation sites is 1. The molecule has 2 aromatic rings. The molecule has 196 valence electrons. The molecule has 0 radical (unpaired) electrons. The fraction of sp³-hybridized carbons (Fsp3) is 0.655. The van der Waals surface area contributed by atoms with E-state index in [2.05, 4.69) is 16.8 Å². The van der Waals surface area contributed by atoms with Gasteiger partial charge in [-0.25, -0.2) is 0 Å². The molecule has 3 fully saturated rings. The predicted octanol–water partition coefficient (Wildman–Crippen LogP) is 3.24. The molecule has 36 heavy (non-hydrogen) atoms. The average molecular weight is 495 g/mol. The number of carbonyl (C=O) groups is 1. The van der Waals surface area contributed by atoms with Crippen molar-refractivity contribution in [1.82, 2.24) is 19.3 Å². The molecule has 5 rings (SSSR count). The van der Waals surface area contributed by atoms with Gasteiger partial charge in [-0.2, -0.15) is 0 Å². The molecule has 2 saturated heterocycles. The third-order valence-corrected chi connectivity index (χ3v) is 8.82. The average Bonchev–Trinajstić information content (AvgIpc) is 3.40. The molecule has 7 heteroatoms. The second-order valence-corrected chi connectivity index (χ2v) is 11.4. The van der Waals surface area contributed by atoms with Gasteiger partial charge in [-0.1, -0.05) is 31.0 Å². The van der Waals surface area contributed by atoms with Crippen LogP contribution in [0.4, 0.5) is 0 Å². The summed E-state index contributed by atoms with van der Waals surface area (Å²) < 4.78 is 7.80. The number of fused-ring (bicyclic) bond motifs is 1. The third kappa shape index (κ3) is 5.38. The van der Waals surface area contributed by atoms with E-state index in [0.717, 1.165) is 69.4 Å². The summed E-state index contributed by atoms with van der Waals surface area (Å²) in [5, 5.41) is 1.03. The van der Waals surface area contributed by atoms with Crippen molar-refractivity contribution in [3.8, 4) is 0 Å². The number of rotatable bonds is 7. The quantitative estimate of drug-likeness (QED) is 0.592. The molecule has 0 spiro atoms. The Balaban J connectivity index is 1.46. The molecular weight excluding hydrogens is 452 g/mol. The van der Waals surface area contributed by atoms with Crippen molar-refractivity contribution in [2.24, 2.45) is 13.0 Å². The molecule has 3 heterocycles. The van der Waals surface area contributed by atoms with Crippen LogP contribution in [-0.2, 0) is 23.1 Å². The number of amides is 1. The smallest absolute Gasteiger partial charge is 0.255 e. The third-order valence-electron chi connectivity index (χ3n) is 8.82. The van der Waals surface area contributed by atoms with E-state index in [1.807, 2.05) is 42.3 Å². The maximum Gasteiger partial charge on any atom is 0.255 e. The Labute approximate surface area is 215 Å². The summed E-state index contributed by atoms with van der Waals surface area (Å²) in [5.74, 6) is 0.665. The number of carbonyl (C=O) groups excluding carboxylic acids is 1. The van der Waals surface area contributed by atoms with Crippen LogP contribution >= 0.6 is 0 Å². The Morgan fingerprint density at radius 2 is 1.83 bits per heavy atom. The maximum atomic E-state index is 13.9. The van der Waals surface area contributed by atoms with Gasteiger partial charge in [0.25, 0.3) is 5.56 Å². The van der Waals surface area contributed by atoms with Gasteiger partial charge in [-0.05, 0) is 56.2 Å². The minimum Gasteiger partial charge on any atom is -0.379 e. The first-order chi connectivity index (χ1) is 17.4. The lowest BCUT2D eigenvalue weighted by atomic mass is 9.88. The van der Waals surface area contributed by atoms with Crippen LogP contribution in [0.3, 0.4) is 0 Å². The zero-order chi connectivity index (χ0) is 25.1. The zero-order valence-electron chi connectivity index (χ0n) is 22.1. The molecule has 2 aliphatic heterocycles. The molecule has 1 amide bonds. The lowest BCUT2D eigenvalue weighted by Crippen LogP contribution is -2.64. The molecule has 1 aromatic carbocycles. The summed E-state index contributed by atoms with van der Waals surface area (Å²) in [6, 6.07) is 9.98. The van der Waals surface area contributed by atoms with Gasteiger partial charge in [0.15, 0.2) is 0 Å². The van der Waals surface area contributed by atoms with Gasteiger partial charge < -0.3 is 19.1 Å². The largest absolute Gasteiger partial charge is 0.379 e. The first-order valence-corrected chi connectivity index (χ1v) is 13.8. The number of piperazine rings is 1. The number of aryl methyl sites for hydroxylation is 1. The summed E-state index contributed by atoms with van der Waals surface area (Å²) in [7, 11) is 4.01. The second kappa shape index (κ2) is 11.0. The summed E-state index contributed by atoms with van der Waals surface area (Å²) >= 11 is 0. The highest BCUT2D eigenvalue weighted by Gasteiger charge is 2.42. The minimum absolute atomic E-state index is 0.0130. The van der Waals surface area contributed by atoms with Crippen LogP contribution in [-0.4, -0.2) is 83.7 Å². The number of benzene rings is 1. The molecule has 1 aromatic heterocycles. The molecule has 3 aliphatic rings. The summed E-state index contributed by atoms with van der Waals surface area (Å²) in [4.78, 5) is 34.2. The number of likely N-dealkylation sites (N-methyl/N-ethyl adjacent to an activating group) is 1. The number of pyridine rings is 1. The Morgan fingerprint density at radius 3 is 2.56 bits per heavy atom. The van der Waals surface area contributed by atoms with Gasteiger partial charge in [0.05, 0.1) is 24.2 Å². The van der Waals surface area contributed by atoms with Crippen LogP contribution in [0.1, 0.15) is 50.5 Å². The van der Waals surface area contributed by atoms with Gasteiger partial charge in [0.1, 0.15) is 0 Å². The number of nitrogens with zero attached hydrogens (tertiary/aromatic N) is 4. The molecular formula is C29H42N4O3. The van der Waals surface area contributed by atoms with Crippen molar-refractivity contribution >= 4 is 16.8 Å². The fourth-order valence-corrected chi connectivity index (χ4v) is 6.58. The van der Waals surface area contributed by atoms with Crippen LogP contribution < -0.4 is 5.56 Å². The monoisotopic (exact) mass is 494 g/mol. The van der Waals surface area contributed by atoms with Crippen molar-refractivity contribution in [2.75, 3.05) is 53.0 Å². The van der Waals surface area contributed by atoms with Crippen molar-refractivity contribution in [3.05, 3.63) is 46.2 Å². The van der Waals surface area contributed by atoms with E-state index in [9.17, 15) is 9.59 Å². The highest BCUT2D eigenvalue weighted by Crippen LogP contribution is 2.32. The zero-order valence-corrected chi connectivity index (χ0v) is 22.1. The van der Waals surface area contributed by atoms with E-state index in [0.29, 0.717) is 37.6 Å². The predicted molar refractivity (Wildman–Crippen MR) is 143 cm³/mol. The van der Waals surface area contributed by atoms with Gasteiger partial charge in [-0.15, -0.1) is 0 Å². The lowest BCUT2D eigenvalue weighted by molar-refractivity contribution is -0.139. The Bertz CT molecular complexity index is 1110. The number of hydrogen-bond donors (Lipinski definition) is 0. The second-order valence-electron chi connectivity index (χ2n) is 11.4. The molecule has 0 N–H and O–H groups in total. The van der Waals surface area contributed by atoms with Crippen LogP contribution in [0.5, 0.6) is 0 Å². The Kier molecular flexibility index (Phi) is 7.79. The lowest BCUT2D eigenvalue weighted by Gasteiger charge is -2.50. The van der Waals surface area contributed by atoms with Gasteiger partial charge in [0.2, 0.25) is 5.91 Å². The van der Waals surface area contributed by atoms with Gasteiger partial charge in [0, 0.05) is 58.4 Å². The van der Waals surface area contributed by atoms with E-state index in [-0.39, 0.29) is 17.0 Å². The van der Waals surface area contributed by atoms with Crippen molar-refractivity contribution < 1.29 is 9.53 Å². The first kappa shape index (κ1) is 25.4. The van der Waals surface area contributed by atoms with E-state index in [1.54, 1.807) is 4.57 Å². The van der Waals surface area contributed by atoms with Crippen LogP contribution in [0.2, 0.25) is 0 Å². The van der Waals surface area contributed by atoms with Crippen molar-refractivity contribution in [3.63, 3.8) is 0 Å². The molecule has 1 saturated carbocycles. The topological polar surface area (TPSA) is 58.0 Å². The van der Waals surface area contributed by atoms with Crippen LogP contribution in [0.15, 0.2) is 35.1 Å². The van der Waals surface area contributed by atoms with Crippen molar-refractivity contribution in [1.29, 1.82) is 0 Å². The molecule has 0 bridgehead atoms. The number of aromatic nitrogens is 1. The van der Waals surface area contributed by atoms with Gasteiger partial charge in [-0.3, -0.25) is 14.5 Å². The molecule has 1 unspecified atom stereocenters. The van der Waals surface area contributed by atoms with Crippen LogP contribution in [0, 0.1) is 5.92 Å². The maximum absolute atomic E-state index is 13.9. The highest BCUT2D eigenvalue weighted by molar-refractivity contribution is 5.80. The first-order valence-electron chi connectivity index (χ1n) is 13.8. The van der Waals surface area contributed by atoms with Crippen LogP contribution in [0.25, 0.3) is 10.9 Å². The summed E-state index contributed by atoms with van der Waals surface area (Å²) in [6.45, 7) is 6.46. The minimum atomic E-state index is -0.188. The van der Waals surface area contributed by atoms with E-state index in [4.69, 9.17) is 4.74 Å². The summed E-state index contributed by atoms with van der Waals surface area (Å²) in [5.41, 5.74) is 1.42. The van der Waals surface area contributed by atoms with E-state index < -0.39 is 0 Å². The standard InChI is InChI=1S/C29H42N4O3/c1-30-13-15-33(16-14-30)29(12-7-17-36-22-29)21-32(27(34)18-23-8-3-4-9-23)20-25-19-24-10-5-6-11-26(24)31(2)28(25)35/h5-6,10-11,19,23H,3-4,7-9,12-18,20-22H2,1-2H3. The SMILES string of the molecule is CN1CCN(C2(CN(Cc3cc4ccccc4n(C)c3=O)C(=O)CC3CCCC3)CCCOC2)CC1. The van der Waals surface area contributed by atoms with Crippen molar-refractivity contribution in [2.45, 2.75) is 57.0 Å². The highest BCUT2D eigenvalue weighted by atomic mass is 16.5. The molecule has 7 nitrogen and oxygen atoms in total. The summed E-state index contributed by atoms with van der Waals surface area (Å²) in [6.07, 6.45) is 7.36. The molecule has 1 aliphatic carbocycles. The van der Waals surface area contributed by atoms with E-state index >= 15 is 0 Å². The van der Waals surface area contributed by atoms with E-state index in [1.165, 1.54) is 12.8 Å². The fourth-order valence-electron chi connectivity index (χ4n) is 6.58. The Hall–Kier alpha value is -2.22. The van der Waals surface area contributed by atoms with Gasteiger partial charge >= 0.3 is 0 Å². The normalized spacial score (nSPS) is 24.4. The Morgan fingerprint density at radius 1 is 1.08 bits per heavy atom. The number of hydrogen-bond acceptors (Lipinski definition) is 5. The molecule has 1 atom stereocenters.